The van der Waals surface area contributed by atoms with Crippen molar-refractivity contribution in [2.24, 2.45) is 4.99 Å². The van der Waals surface area contributed by atoms with E-state index in [4.69, 9.17) is 4.99 Å². The maximum absolute atomic E-state index is 13.0. The third kappa shape index (κ3) is 6.06. The maximum atomic E-state index is 13.0. The van der Waals surface area contributed by atoms with Gasteiger partial charge in [0.25, 0.3) is 5.91 Å². The molecular weight excluding hydrogens is 398 g/mol. The number of hydrogen-bond acceptors (Lipinski definition) is 3. The zero-order valence-corrected chi connectivity index (χ0v) is 19.9. The number of benzene rings is 2. The highest BCUT2D eigenvalue weighted by Crippen LogP contribution is 2.15. The van der Waals surface area contributed by atoms with Crippen LogP contribution in [0.2, 0.25) is 0 Å². The van der Waals surface area contributed by atoms with Gasteiger partial charge in [0.15, 0.2) is 0 Å². The molecule has 1 amide bonds. The molecule has 3 rings (SSSR count). The Morgan fingerprint density at radius 2 is 1.72 bits per heavy atom. The molecule has 6 nitrogen and oxygen atoms in total. The Bertz CT molecular complexity index is 1120. The number of anilines is 1. The standard InChI is InChI=1S/C26H33N5O/c1-7-10-31-16-23(21(6)30-31)15-27-26(28-24-12-17(2)11-18(3)13-24)29-25(32)22-9-8-19(4)20(5)14-22/h8-9,11-14,16H,7,10,15H2,1-6H3,(H2,27,28,29,32). The van der Waals surface area contributed by atoms with Crippen LogP contribution in [0.5, 0.6) is 0 Å². The largest absolute Gasteiger partial charge is 0.326 e. The highest BCUT2D eigenvalue weighted by Gasteiger charge is 2.12. The van der Waals surface area contributed by atoms with Crippen molar-refractivity contribution in [3.8, 4) is 0 Å². The number of amides is 1. The Hall–Kier alpha value is -3.41. The van der Waals surface area contributed by atoms with Crippen LogP contribution in [0.1, 0.15) is 57.2 Å². The van der Waals surface area contributed by atoms with E-state index in [1.807, 2.05) is 75.8 Å². The van der Waals surface area contributed by atoms with Crippen LogP contribution in [0.15, 0.2) is 47.6 Å². The van der Waals surface area contributed by atoms with Gasteiger partial charge in [0, 0.05) is 29.6 Å². The lowest BCUT2D eigenvalue weighted by Crippen LogP contribution is -2.36. The summed E-state index contributed by atoms with van der Waals surface area (Å²) in [6, 6.07) is 11.9. The van der Waals surface area contributed by atoms with Crippen LogP contribution in [-0.2, 0) is 13.1 Å². The molecule has 2 aromatic carbocycles. The number of guanidine groups is 1. The van der Waals surface area contributed by atoms with E-state index in [0.29, 0.717) is 18.1 Å². The summed E-state index contributed by atoms with van der Waals surface area (Å²) in [5, 5.41) is 10.8. The quantitative estimate of drug-likeness (QED) is 0.414. The van der Waals surface area contributed by atoms with Crippen LogP contribution in [-0.4, -0.2) is 21.6 Å². The molecule has 6 heteroatoms. The number of hydrogen-bond donors (Lipinski definition) is 2. The molecule has 0 unspecified atom stereocenters. The Kier molecular flexibility index (Phi) is 7.46. The highest BCUT2D eigenvalue weighted by molar-refractivity contribution is 6.10. The predicted molar refractivity (Wildman–Crippen MR) is 131 cm³/mol. The molecule has 3 aromatic rings. The van der Waals surface area contributed by atoms with Crippen LogP contribution in [0.25, 0.3) is 0 Å². The average molecular weight is 432 g/mol. The second-order valence-corrected chi connectivity index (χ2v) is 8.42. The lowest BCUT2D eigenvalue weighted by atomic mass is 10.1. The zero-order valence-electron chi connectivity index (χ0n) is 19.9. The number of carbonyl (C=O) groups is 1. The molecule has 2 N–H and O–H groups in total. The van der Waals surface area contributed by atoms with Crippen LogP contribution in [0.3, 0.4) is 0 Å². The molecule has 1 aromatic heterocycles. The zero-order chi connectivity index (χ0) is 23.3. The molecule has 0 aliphatic heterocycles. The molecule has 0 fully saturated rings. The van der Waals surface area contributed by atoms with Gasteiger partial charge >= 0.3 is 0 Å². The van der Waals surface area contributed by atoms with Gasteiger partial charge in [-0.3, -0.25) is 14.8 Å². The summed E-state index contributed by atoms with van der Waals surface area (Å²) in [7, 11) is 0. The minimum absolute atomic E-state index is 0.192. The fourth-order valence-electron chi connectivity index (χ4n) is 3.58. The minimum Gasteiger partial charge on any atom is -0.326 e. The topological polar surface area (TPSA) is 71.3 Å². The van der Waals surface area contributed by atoms with Gasteiger partial charge in [-0.15, -0.1) is 0 Å². The molecule has 32 heavy (non-hydrogen) atoms. The molecule has 168 valence electrons. The lowest BCUT2D eigenvalue weighted by molar-refractivity contribution is 0.0977. The van der Waals surface area contributed by atoms with Crippen molar-refractivity contribution in [1.82, 2.24) is 15.1 Å². The summed E-state index contributed by atoms with van der Waals surface area (Å²) in [4.78, 5) is 17.7. The Morgan fingerprint density at radius 1 is 1.00 bits per heavy atom. The third-order valence-electron chi connectivity index (χ3n) is 5.39. The number of carbonyl (C=O) groups excluding carboxylic acids is 1. The molecule has 0 radical (unpaired) electrons. The van der Waals surface area contributed by atoms with Crippen LogP contribution < -0.4 is 10.6 Å². The van der Waals surface area contributed by atoms with Gasteiger partial charge in [0.05, 0.1) is 12.2 Å². The maximum Gasteiger partial charge on any atom is 0.257 e. The van der Waals surface area contributed by atoms with Gasteiger partial charge in [-0.25, -0.2) is 4.99 Å². The minimum atomic E-state index is -0.192. The van der Waals surface area contributed by atoms with Crippen molar-refractivity contribution < 1.29 is 4.79 Å². The molecule has 0 aliphatic rings. The van der Waals surface area contributed by atoms with E-state index < -0.39 is 0 Å². The van der Waals surface area contributed by atoms with Crippen molar-refractivity contribution in [3.05, 3.63) is 81.7 Å². The summed E-state index contributed by atoms with van der Waals surface area (Å²) in [5.74, 6) is 0.225. The van der Waals surface area contributed by atoms with E-state index in [-0.39, 0.29) is 5.91 Å². The predicted octanol–water partition coefficient (Wildman–Crippen LogP) is 5.23. The molecule has 0 atom stereocenters. The average Bonchev–Trinajstić information content (AvgIpc) is 3.06. The van der Waals surface area contributed by atoms with Crippen molar-refractivity contribution in [2.75, 3.05) is 5.32 Å². The van der Waals surface area contributed by atoms with E-state index in [1.165, 1.54) is 0 Å². The number of nitrogens with zero attached hydrogens (tertiary/aromatic N) is 3. The smallest absolute Gasteiger partial charge is 0.257 e. The van der Waals surface area contributed by atoms with Gasteiger partial charge in [0.1, 0.15) is 0 Å². The third-order valence-corrected chi connectivity index (χ3v) is 5.39. The summed E-state index contributed by atoms with van der Waals surface area (Å²) in [6.45, 7) is 13.6. The van der Waals surface area contributed by atoms with Gasteiger partial charge in [-0.05, 0) is 87.6 Å². The fraction of sp³-hybridized carbons (Fsp3) is 0.346. The normalized spacial score (nSPS) is 11.5. The number of nitrogens with one attached hydrogen (secondary N) is 2. The van der Waals surface area contributed by atoms with E-state index in [9.17, 15) is 4.79 Å². The first-order valence-corrected chi connectivity index (χ1v) is 11.1. The molecule has 0 saturated heterocycles. The van der Waals surface area contributed by atoms with Gasteiger partial charge in [-0.2, -0.15) is 5.10 Å². The van der Waals surface area contributed by atoms with Crippen molar-refractivity contribution in [3.63, 3.8) is 0 Å². The van der Waals surface area contributed by atoms with E-state index >= 15 is 0 Å². The second-order valence-electron chi connectivity index (χ2n) is 8.42. The van der Waals surface area contributed by atoms with Crippen LogP contribution in [0, 0.1) is 34.6 Å². The molecular formula is C26H33N5O. The first kappa shape index (κ1) is 23.3. The number of aryl methyl sites for hydroxylation is 6. The Balaban J connectivity index is 1.86. The first-order chi connectivity index (χ1) is 15.2. The number of aromatic nitrogens is 2. The molecule has 0 spiro atoms. The Morgan fingerprint density at radius 3 is 2.38 bits per heavy atom. The molecule has 0 bridgehead atoms. The van der Waals surface area contributed by atoms with Crippen molar-refractivity contribution in [2.45, 2.75) is 61.1 Å². The number of aliphatic imine (C=N–C) groups is 1. The molecule has 0 saturated carbocycles. The highest BCUT2D eigenvalue weighted by atomic mass is 16.1. The van der Waals surface area contributed by atoms with E-state index in [1.54, 1.807) is 0 Å². The van der Waals surface area contributed by atoms with Crippen LogP contribution in [0.4, 0.5) is 5.69 Å². The van der Waals surface area contributed by atoms with E-state index in [0.717, 1.165) is 52.2 Å². The van der Waals surface area contributed by atoms with Gasteiger partial charge < -0.3 is 5.32 Å². The second kappa shape index (κ2) is 10.3. The van der Waals surface area contributed by atoms with Crippen molar-refractivity contribution in [1.29, 1.82) is 0 Å². The van der Waals surface area contributed by atoms with Gasteiger partial charge in [-0.1, -0.05) is 19.1 Å². The summed E-state index contributed by atoms with van der Waals surface area (Å²) < 4.78 is 1.95. The van der Waals surface area contributed by atoms with E-state index in [2.05, 4.69) is 28.7 Å². The monoisotopic (exact) mass is 431 g/mol. The summed E-state index contributed by atoms with van der Waals surface area (Å²) in [5.41, 5.74) is 8.01. The van der Waals surface area contributed by atoms with Crippen molar-refractivity contribution >= 4 is 17.6 Å². The van der Waals surface area contributed by atoms with Gasteiger partial charge in [0.2, 0.25) is 5.96 Å². The molecule has 1 heterocycles. The molecule has 0 aliphatic carbocycles. The van der Waals surface area contributed by atoms with Crippen LogP contribution >= 0.6 is 0 Å². The SMILES string of the molecule is CCCn1cc(CN=C(NC(=O)c2ccc(C)c(C)c2)Nc2cc(C)cc(C)c2)c(C)n1. The first-order valence-electron chi connectivity index (χ1n) is 11.1. The Labute approximate surface area is 190 Å². The summed E-state index contributed by atoms with van der Waals surface area (Å²) in [6.07, 6.45) is 3.05. The number of rotatable bonds is 6. The lowest BCUT2D eigenvalue weighted by Gasteiger charge is -2.13. The summed E-state index contributed by atoms with van der Waals surface area (Å²) >= 11 is 0. The fourth-order valence-corrected chi connectivity index (χ4v) is 3.58.